The van der Waals surface area contributed by atoms with E-state index in [4.69, 9.17) is 28.0 Å². The van der Waals surface area contributed by atoms with Crippen molar-refractivity contribution < 1.29 is 39.0 Å². The van der Waals surface area contributed by atoms with Gasteiger partial charge in [0.05, 0.1) is 6.04 Å². The van der Waals surface area contributed by atoms with Crippen LogP contribution >= 0.6 is 0 Å². The number of likely N-dealkylation sites (tertiary alicyclic amines) is 1. The van der Waals surface area contributed by atoms with Crippen LogP contribution < -0.4 is 33.6 Å². The number of carbonyl (C=O) groups is 6. The number of carboxylic acids is 2. The third kappa shape index (κ3) is 11.1. The number of primary amides is 1. The van der Waals surface area contributed by atoms with Crippen LogP contribution in [0.2, 0.25) is 0 Å². The number of hydrogen-bond acceptors (Lipinski definition) is 8. The molecule has 37 heavy (non-hydrogen) atoms. The molecule has 1 aliphatic rings. The van der Waals surface area contributed by atoms with E-state index in [2.05, 4.69) is 15.6 Å². The number of carboxylic acid groups (broad SMARTS) is 2. The predicted octanol–water partition coefficient (Wildman–Crippen LogP) is -3.46. The lowest BCUT2D eigenvalue weighted by Crippen LogP contribution is -2.57. The molecule has 0 saturated carbocycles. The summed E-state index contributed by atoms with van der Waals surface area (Å²) in [6.07, 6.45) is 0.0799. The number of carbonyl (C=O) groups excluding carboxylic acids is 4. The summed E-state index contributed by atoms with van der Waals surface area (Å²) < 4.78 is 0. The zero-order chi connectivity index (χ0) is 28.1. The molecule has 1 saturated heterocycles. The third-order valence-electron chi connectivity index (χ3n) is 5.70. The molecule has 208 valence electrons. The Morgan fingerprint density at radius 1 is 0.946 bits per heavy atom. The largest absolute Gasteiger partial charge is 0.481 e. The summed E-state index contributed by atoms with van der Waals surface area (Å²) in [6.45, 7) is 0.332. The Hall–Kier alpha value is -3.95. The minimum absolute atomic E-state index is 0.0457. The van der Waals surface area contributed by atoms with Gasteiger partial charge in [0.15, 0.2) is 5.96 Å². The topological polar surface area (TPSA) is 287 Å². The summed E-state index contributed by atoms with van der Waals surface area (Å²) in [5.41, 5.74) is 21.4. The first-order valence-electron chi connectivity index (χ1n) is 11.8. The fraction of sp³-hybridized carbons (Fsp3) is 0.667. The Bertz CT molecular complexity index is 892. The fourth-order valence-corrected chi connectivity index (χ4v) is 3.76. The third-order valence-corrected chi connectivity index (χ3v) is 5.70. The van der Waals surface area contributed by atoms with Crippen molar-refractivity contribution in [3.63, 3.8) is 0 Å². The van der Waals surface area contributed by atoms with Gasteiger partial charge < -0.3 is 48.7 Å². The quantitative estimate of drug-likeness (QED) is 0.0553. The summed E-state index contributed by atoms with van der Waals surface area (Å²) in [4.78, 5) is 77.3. The van der Waals surface area contributed by atoms with Crippen LogP contribution in [0, 0.1) is 0 Å². The molecule has 4 amide bonds. The van der Waals surface area contributed by atoms with Gasteiger partial charge in [-0.3, -0.25) is 29.0 Å². The Balaban J connectivity index is 2.92. The number of amides is 4. The van der Waals surface area contributed by atoms with Gasteiger partial charge in [-0.25, -0.2) is 4.79 Å². The van der Waals surface area contributed by atoms with Crippen LogP contribution in [0.3, 0.4) is 0 Å². The molecule has 1 aliphatic heterocycles. The fourth-order valence-electron chi connectivity index (χ4n) is 3.76. The van der Waals surface area contributed by atoms with Crippen molar-refractivity contribution >= 4 is 41.5 Å². The summed E-state index contributed by atoms with van der Waals surface area (Å²) in [7, 11) is 0. The highest BCUT2D eigenvalue weighted by Gasteiger charge is 2.39. The van der Waals surface area contributed by atoms with Gasteiger partial charge >= 0.3 is 11.9 Å². The van der Waals surface area contributed by atoms with Crippen molar-refractivity contribution in [2.75, 3.05) is 13.1 Å². The van der Waals surface area contributed by atoms with Crippen molar-refractivity contribution in [3.05, 3.63) is 0 Å². The number of hydrogen-bond donors (Lipinski definition) is 8. The summed E-state index contributed by atoms with van der Waals surface area (Å²) in [6, 6.07) is -4.70. The van der Waals surface area contributed by atoms with Crippen LogP contribution in [0.1, 0.15) is 51.4 Å². The van der Waals surface area contributed by atoms with E-state index < -0.39 is 59.7 Å². The standard InChI is InChI=1S/C21H36N8O8/c22-11(5-8-16(31)32)17(33)27-12(6-7-15(23)30)19(35)29-10-2-4-14(29)18(34)28-13(20(36)37)3-1-9-26-21(24)25/h11-14H,1-10,22H2,(H2,23,30)(H,27,33)(H,28,34)(H,31,32)(H,36,37)(H4,24,25,26). The normalized spacial score (nSPS) is 17.2. The van der Waals surface area contributed by atoms with E-state index in [1.807, 2.05) is 0 Å². The molecular formula is C21H36N8O8. The zero-order valence-electron chi connectivity index (χ0n) is 20.4. The van der Waals surface area contributed by atoms with Gasteiger partial charge in [-0.2, -0.15) is 0 Å². The van der Waals surface area contributed by atoms with Gasteiger partial charge in [-0.15, -0.1) is 0 Å². The van der Waals surface area contributed by atoms with Gasteiger partial charge in [-0.1, -0.05) is 0 Å². The maximum absolute atomic E-state index is 13.3. The first-order chi connectivity index (χ1) is 17.3. The minimum Gasteiger partial charge on any atom is -0.481 e. The molecule has 0 radical (unpaired) electrons. The second kappa shape index (κ2) is 15.2. The first kappa shape index (κ1) is 31.1. The lowest BCUT2D eigenvalue weighted by atomic mass is 10.1. The summed E-state index contributed by atoms with van der Waals surface area (Å²) >= 11 is 0. The number of aliphatic imine (C=N–C) groups is 1. The van der Waals surface area contributed by atoms with E-state index in [0.29, 0.717) is 6.42 Å². The number of nitrogens with one attached hydrogen (secondary N) is 2. The number of guanidine groups is 1. The van der Waals surface area contributed by atoms with Crippen molar-refractivity contribution in [1.29, 1.82) is 0 Å². The van der Waals surface area contributed by atoms with Gasteiger partial charge in [0.1, 0.15) is 18.1 Å². The molecule has 12 N–H and O–H groups in total. The smallest absolute Gasteiger partial charge is 0.326 e. The van der Waals surface area contributed by atoms with E-state index in [0.717, 1.165) is 0 Å². The van der Waals surface area contributed by atoms with Crippen LogP contribution in [0.5, 0.6) is 0 Å². The zero-order valence-corrected chi connectivity index (χ0v) is 20.4. The average molecular weight is 529 g/mol. The number of nitrogens with two attached hydrogens (primary N) is 4. The molecule has 4 unspecified atom stereocenters. The Kier molecular flexibility index (Phi) is 12.8. The molecule has 16 heteroatoms. The van der Waals surface area contributed by atoms with Gasteiger partial charge in [-0.05, 0) is 38.5 Å². The summed E-state index contributed by atoms with van der Waals surface area (Å²) in [5.74, 6) is -5.42. The van der Waals surface area contributed by atoms with Crippen molar-refractivity contribution in [3.8, 4) is 0 Å². The molecule has 0 bridgehead atoms. The van der Waals surface area contributed by atoms with E-state index >= 15 is 0 Å². The maximum atomic E-state index is 13.3. The highest BCUT2D eigenvalue weighted by atomic mass is 16.4. The Morgan fingerprint density at radius 3 is 2.19 bits per heavy atom. The number of aliphatic carboxylic acids is 2. The molecule has 1 fully saturated rings. The molecule has 0 aromatic heterocycles. The Morgan fingerprint density at radius 2 is 1.62 bits per heavy atom. The molecule has 1 heterocycles. The molecule has 0 aliphatic carbocycles. The van der Waals surface area contributed by atoms with Crippen molar-refractivity contribution in [2.24, 2.45) is 27.9 Å². The molecule has 0 aromatic rings. The molecule has 1 rings (SSSR count). The van der Waals surface area contributed by atoms with Crippen LogP contribution in [0.4, 0.5) is 0 Å². The molecular weight excluding hydrogens is 492 g/mol. The van der Waals surface area contributed by atoms with E-state index in [1.165, 1.54) is 4.90 Å². The highest BCUT2D eigenvalue weighted by Crippen LogP contribution is 2.20. The molecule has 0 aromatic carbocycles. The second-order valence-corrected chi connectivity index (χ2v) is 8.64. The maximum Gasteiger partial charge on any atom is 0.326 e. The number of rotatable bonds is 16. The first-order valence-corrected chi connectivity index (χ1v) is 11.8. The average Bonchev–Trinajstić information content (AvgIpc) is 3.31. The molecule has 16 nitrogen and oxygen atoms in total. The van der Waals surface area contributed by atoms with Crippen molar-refractivity contribution in [1.82, 2.24) is 15.5 Å². The monoisotopic (exact) mass is 528 g/mol. The second-order valence-electron chi connectivity index (χ2n) is 8.64. The summed E-state index contributed by atoms with van der Waals surface area (Å²) in [5, 5.41) is 23.1. The van der Waals surface area contributed by atoms with Crippen molar-refractivity contribution in [2.45, 2.75) is 75.5 Å². The lowest BCUT2D eigenvalue weighted by molar-refractivity contribution is -0.145. The number of nitrogens with zero attached hydrogens (tertiary/aromatic N) is 2. The Labute approximate surface area is 213 Å². The van der Waals surface area contributed by atoms with Gasteiger partial charge in [0.2, 0.25) is 23.6 Å². The minimum atomic E-state index is -1.27. The van der Waals surface area contributed by atoms with Crippen LogP contribution in [-0.4, -0.2) is 93.9 Å². The van der Waals surface area contributed by atoms with E-state index in [9.17, 15) is 33.9 Å². The van der Waals surface area contributed by atoms with Gasteiger partial charge in [0, 0.05) is 25.9 Å². The highest BCUT2D eigenvalue weighted by molar-refractivity contribution is 5.94. The van der Waals surface area contributed by atoms with E-state index in [1.54, 1.807) is 0 Å². The van der Waals surface area contributed by atoms with Crippen LogP contribution in [-0.2, 0) is 28.8 Å². The SMILES string of the molecule is NC(=O)CCC(NC(=O)C(N)CCC(=O)O)C(=O)N1CCCC1C(=O)NC(CCCN=C(N)N)C(=O)O. The van der Waals surface area contributed by atoms with Crippen LogP contribution in [0.15, 0.2) is 4.99 Å². The predicted molar refractivity (Wildman–Crippen MR) is 129 cm³/mol. The van der Waals surface area contributed by atoms with Gasteiger partial charge in [0.25, 0.3) is 0 Å². The van der Waals surface area contributed by atoms with Crippen LogP contribution in [0.25, 0.3) is 0 Å². The lowest BCUT2D eigenvalue weighted by Gasteiger charge is -2.30. The molecule has 0 spiro atoms. The molecule has 4 atom stereocenters. The van der Waals surface area contributed by atoms with E-state index in [-0.39, 0.29) is 64.0 Å².